The monoisotopic (exact) mass is 255 g/mol. The van der Waals surface area contributed by atoms with Crippen molar-refractivity contribution in [2.45, 2.75) is 43.9 Å². The van der Waals surface area contributed by atoms with Crippen LogP contribution < -0.4 is 4.72 Å². The van der Waals surface area contributed by atoms with Gasteiger partial charge in [-0.15, -0.1) is 0 Å². The molecule has 0 bridgehead atoms. The lowest BCUT2D eigenvalue weighted by Crippen LogP contribution is -2.17. The van der Waals surface area contributed by atoms with E-state index in [1.54, 1.807) is 12.4 Å². The van der Waals surface area contributed by atoms with Crippen LogP contribution in [0, 0.1) is 5.92 Å². The summed E-state index contributed by atoms with van der Waals surface area (Å²) in [6.07, 6.45) is 7.46. The van der Waals surface area contributed by atoms with Crippen LogP contribution in [0.2, 0.25) is 0 Å². The third-order valence-corrected chi connectivity index (χ3v) is 5.42. The number of sulfonamides is 1. The average Bonchev–Trinajstić information content (AvgIpc) is 3.12. The standard InChI is InChI=1S/C11H17N3O2S/c1-8(9-2-3-9)14-7-10(6-12-14)13-17(15,16)11-4-5-11/h6-9,11,13H,2-5H2,1H3. The van der Waals surface area contributed by atoms with Crippen molar-refractivity contribution in [1.82, 2.24) is 9.78 Å². The van der Waals surface area contributed by atoms with Gasteiger partial charge in [0.2, 0.25) is 10.0 Å². The predicted octanol–water partition coefficient (Wildman–Crippen LogP) is 1.76. The largest absolute Gasteiger partial charge is 0.280 e. The highest BCUT2D eigenvalue weighted by Crippen LogP contribution is 2.39. The van der Waals surface area contributed by atoms with Crippen LogP contribution in [-0.2, 0) is 10.0 Å². The Balaban J connectivity index is 1.71. The van der Waals surface area contributed by atoms with Gasteiger partial charge in [0.25, 0.3) is 0 Å². The van der Waals surface area contributed by atoms with Crippen molar-refractivity contribution >= 4 is 15.7 Å². The molecule has 5 nitrogen and oxygen atoms in total. The topological polar surface area (TPSA) is 64.0 Å². The fourth-order valence-corrected chi connectivity index (χ4v) is 3.39. The summed E-state index contributed by atoms with van der Waals surface area (Å²) in [5.41, 5.74) is 0.587. The van der Waals surface area contributed by atoms with E-state index >= 15 is 0 Å². The van der Waals surface area contributed by atoms with Crippen LogP contribution in [0.25, 0.3) is 0 Å². The van der Waals surface area contributed by atoms with Crippen LogP contribution in [0.15, 0.2) is 12.4 Å². The zero-order chi connectivity index (χ0) is 12.0. The van der Waals surface area contributed by atoms with Crippen molar-refractivity contribution in [1.29, 1.82) is 0 Å². The SMILES string of the molecule is CC(C1CC1)n1cc(NS(=O)(=O)C2CC2)cn1. The Morgan fingerprint density at radius 2 is 2.12 bits per heavy atom. The van der Waals surface area contributed by atoms with E-state index in [4.69, 9.17) is 0 Å². The Morgan fingerprint density at radius 3 is 2.71 bits per heavy atom. The minimum Gasteiger partial charge on any atom is -0.280 e. The molecule has 1 unspecified atom stereocenters. The minimum atomic E-state index is -3.16. The maximum Gasteiger partial charge on any atom is 0.235 e. The van der Waals surface area contributed by atoms with Crippen molar-refractivity contribution in [3.63, 3.8) is 0 Å². The van der Waals surface area contributed by atoms with E-state index in [1.165, 1.54) is 12.8 Å². The second kappa shape index (κ2) is 3.73. The Hall–Kier alpha value is -1.04. The number of hydrogen-bond donors (Lipinski definition) is 1. The van der Waals surface area contributed by atoms with E-state index in [0.29, 0.717) is 17.6 Å². The first kappa shape index (κ1) is 11.1. The Bertz CT molecular complexity index is 515. The molecule has 1 heterocycles. The first-order valence-corrected chi connectivity index (χ1v) is 7.67. The predicted molar refractivity (Wildman–Crippen MR) is 65.2 cm³/mol. The van der Waals surface area contributed by atoms with E-state index in [1.807, 2.05) is 4.68 Å². The second-order valence-electron chi connectivity index (χ2n) is 5.13. The smallest absolute Gasteiger partial charge is 0.235 e. The molecule has 0 aromatic carbocycles. The lowest BCUT2D eigenvalue weighted by atomic mass is 10.2. The van der Waals surface area contributed by atoms with Crippen LogP contribution in [-0.4, -0.2) is 23.4 Å². The van der Waals surface area contributed by atoms with Gasteiger partial charge < -0.3 is 0 Å². The van der Waals surface area contributed by atoms with E-state index in [2.05, 4.69) is 16.7 Å². The quantitative estimate of drug-likeness (QED) is 0.872. The molecule has 0 aliphatic heterocycles. The molecule has 2 saturated carbocycles. The average molecular weight is 255 g/mol. The molecule has 1 N–H and O–H groups in total. The first-order valence-electron chi connectivity index (χ1n) is 6.12. The Labute approximate surface area is 101 Å². The maximum atomic E-state index is 11.7. The molecule has 94 valence electrons. The van der Waals surface area contributed by atoms with Crippen LogP contribution in [0.5, 0.6) is 0 Å². The molecule has 2 aliphatic rings. The van der Waals surface area contributed by atoms with Gasteiger partial charge in [-0.25, -0.2) is 8.42 Å². The molecule has 0 spiro atoms. The van der Waals surface area contributed by atoms with Crippen molar-refractivity contribution in [3.05, 3.63) is 12.4 Å². The van der Waals surface area contributed by atoms with Gasteiger partial charge in [-0.2, -0.15) is 5.10 Å². The molecule has 0 radical (unpaired) electrons. The van der Waals surface area contributed by atoms with Gasteiger partial charge in [-0.3, -0.25) is 9.40 Å². The second-order valence-corrected chi connectivity index (χ2v) is 7.09. The van der Waals surface area contributed by atoms with Crippen LogP contribution in [0.4, 0.5) is 5.69 Å². The molecule has 3 rings (SSSR count). The molecule has 1 atom stereocenters. The summed E-state index contributed by atoms with van der Waals surface area (Å²) < 4.78 is 27.9. The summed E-state index contributed by atoms with van der Waals surface area (Å²) in [6, 6.07) is 0.370. The van der Waals surface area contributed by atoms with Gasteiger partial charge in [0.1, 0.15) is 0 Å². The van der Waals surface area contributed by atoms with E-state index in [-0.39, 0.29) is 5.25 Å². The van der Waals surface area contributed by atoms with Crippen LogP contribution >= 0.6 is 0 Å². The first-order chi connectivity index (χ1) is 8.06. The Kier molecular flexibility index (Phi) is 2.43. The maximum absolute atomic E-state index is 11.7. The number of aromatic nitrogens is 2. The molecule has 1 aromatic heterocycles. The van der Waals surface area contributed by atoms with Gasteiger partial charge in [0.15, 0.2) is 0 Å². The summed E-state index contributed by atoms with van der Waals surface area (Å²) in [6.45, 7) is 2.13. The fourth-order valence-electron chi connectivity index (χ4n) is 2.03. The third kappa shape index (κ3) is 2.31. The molecule has 2 aliphatic carbocycles. The minimum absolute atomic E-state index is 0.188. The molecular weight excluding hydrogens is 238 g/mol. The molecule has 6 heteroatoms. The molecule has 1 aromatic rings. The summed E-state index contributed by atoms with van der Waals surface area (Å²) in [5, 5.41) is 4.04. The van der Waals surface area contributed by atoms with Crippen LogP contribution in [0.1, 0.15) is 38.6 Å². The molecule has 2 fully saturated rings. The van der Waals surface area contributed by atoms with E-state index in [0.717, 1.165) is 12.8 Å². The van der Waals surface area contributed by atoms with Crippen LogP contribution in [0.3, 0.4) is 0 Å². The normalized spacial score (nSPS) is 22.4. The molecular formula is C11H17N3O2S. The number of nitrogens with one attached hydrogen (secondary N) is 1. The van der Waals surface area contributed by atoms with Gasteiger partial charge in [0.05, 0.1) is 23.2 Å². The number of rotatable bonds is 5. The highest BCUT2D eigenvalue weighted by Gasteiger charge is 2.36. The molecule has 0 saturated heterocycles. The third-order valence-electron chi connectivity index (χ3n) is 3.55. The lowest BCUT2D eigenvalue weighted by Gasteiger charge is -2.09. The Morgan fingerprint density at radius 1 is 1.41 bits per heavy atom. The van der Waals surface area contributed by atoms with Gasteiger partial charge in [0, 0.05) is 6.20 Å². The highest BCUT2D eigenvalue weighted by atomic mass is 32.2. The fraction of sp³-hybridized carbons (Fsp3) is 0.727. The van der Waals surface area contributed by atoms with E-state index < -0.39 is 10.0 Å². The number of hydrogen-bond acceptors (Lipinski definition) is 3. The summed E-state index contributed by atoms with van der Waals surface area (Å²) in [5.74, 6) is 0.711. The van der Waals surface area contributed by atoms with Crippen molar-refractivity contribution < 1.29 is 8.42 Å². The zero-order valence-electron chi connectivity index (χ0n) is 9.83. The molecule has 17 heavy (non-hydrogen) atoms. The highest BCUT2D eigenvalue weighted by molar-refractivity contribution is 7.93. The van der Waals surface area contributed by atoms with Crippen molar-refractivity contribution in [2.24, 2.45) is 5.92 Å². The lowest BCUT2D eigenvalue weighted by molar-refractivity contribution is 0.440. The van der Waals surface area contributed by atoms with Crippen molar-refractivity contribution in [2.75, 3.05) is 4.72 Å². The van der Waals surface area contributed by atoms with Crippen molar-refractivity contribution in [3.8, 4) is 0 Å². The summed E-state index contributed by atoms with van der Waals surface area (Å²) >= 11 is 0. The van der Waals surface area contributed by atoms with Gasteiger partial charge >= 0.3 is 0 Å². The summed E-state index contributed by atoms with van der Waals surface area (Å²) in [7, 11) is -3.16. The van der Waals surface area contributed by atoms with E-state index in [9.17, 15) is 8.42 Å². The van der Waals surface area contributed by atoms with Gasteiger partial charge in [-0.05, 0) is 38.5 Å². The summed E-state index contributed by atoms with van der Waals surface area (Å²) in [4.78, 5) is 0. The molecule has 0 amide bonds. The zero-order valence-corrected chi connectivity index (χ0v) is 10.7. The number of nitrogens with zero attached hydrogens (tertiary/aromatic N) is 2. The number of anilines is 1. The van der Waals surface area contributed by atoms with Gasteiger partial charge in [-0.1, -0.05) is 0 Å².